The molecular formula is C25H29ClN2O. The average molecular weight is 409 g/mol. The largest absolute Gasteiger partial charge is 0.378 e. The zero-order valence-electron chi connectivity index (χ0n) is 17.2. The Labute approximate surface area is 178 Å². The van der Waals surface area contributed by atoms with Crippen LogP contribution in [0.15, 0.2) is 54.6 Å². The molecule has 2 aliphatic rings. The molecule has 3 unspecified atom stereocenters. The number of carbonyl (C=O) groups excluding carboxylic acids is 1. The van der Waals surface area contributed by atoms with E-state index in [1.54, 1.807) is 0 Å². The lowest BCUT2D eigenvalue weighted by Gasteiger charge is -2.38. The number of hydrogen-bond donors (Lipinski definition) is 1. The van der Waals surface area contributed by atoms with Crippen LogP contribution in [0, 0.1) is 5.92 Å². The molecule has 1 heterocycles. The van der Waals surface area contributed by atoms with Crippen LogP contribution in [0.1, 0.15) is 66.6 Å². The van der Waals surface area contributed by atoms with Crippen molar-refractivity contribution in [3.05, 3.63) is 76.3 Å². The van der Waals surface area contributed by atoms with Crippen molar-refractivity contribution in [2.45, 2.75) is 45.1 Å². The first-order valence-electron chi connectivity index (χ1n) is 10.7. The van der Waals surface area contributed by atoms with Gasteiger partial charge in [0.1, 0.15) is 0 Å². The normalized spacial score (nSPS) is 22.0. The summed E-state index contributed by atoms with van der Waals surface area (Å²) in [5, 5.41) is 4.53. The van der Waals surface area contributed by atoms with Gasteiger partial charge in [0.15, 0.2) is 0 Å². The first-order valence-corrected chi connectivity index (χ1v) is 11.1. The molecule has 0 saturated carbocycles. The van der Waals surface area contributed by atoms with Crippen LogP contribution in [0.3, 0.4) is 0 Å². The van der Waals surface area contributed by atoms with Crippen LogP contribution in [0.2, 0.25) is 5.02 Å². The van der Waals surface area contributed by atoms with Crippen molar-refractivity contribution in [3.8, 4) is 0 Å². The minimum absolute atomic E-state index is 0.142. The number of nitrogens with zero attached hydrogens (tertiary/aromatic N) is 1. The van der Waals surface area contributed by atoms with Gasteiger partial charge in [-0.05, 0) is 60.6 Å². The molecule has 1 N–H and O–H groups in total. The summed E-state index contributed by atoms with van der Waals surface area (Å²) in [6.07, 6.45) is 7.54. The van der Waals surface area contributed by atoms with Crippen molar-refractivity contribution >= 4 is 23.2 Å². The van der Waals surface area contributed by atoms with Crippen LogP contribution in [-0.2, 0) is 0 Å². The lowest BCUT2D eigenvalue weighted by Crippen LogP contribution is -2.33. The van der Waals surface area contributed by atoms with Crippen LogP contribution >= 0.6 is 11.6 Å². The van der Waals surface area contributed by atoms with Gasteiger partial charge in [-0.2, -0.15) is 0 Å². The van der Waals surface area contributed by atoms with Gasteiger partial charge in [0.2, 0.25) is 0 Å². The van der Waals surface area contributed by atoms with Gasteiger partial charge in [0, 0.05) is 35.3 Å². The van der Waals surface area contributed by atoms with E-state index in [0.29, 0.717) is 11.8 Å². The van der Waals surface area contributed by atoms with Gasteiger partial charge >= 0.3 is 0 Å². The molecule has 0 bridgehead atoms. The average Bonchev–Trinajstić information content (AvgIpc) is 3.23. The third-order valence-corrected chi connectivity index (χ3v) is 6.47. The van der Waals surface area contributed by atoms with Gasteiger partial charge in [-0.15, -0.1) is 0 Å². The zero-order chi connectivity index (χ0) is 20.4. The SMILES string of the molecule is CCCN(CCC)C(=O)c1ccc2c(c1)C1C=CCC1C(c1ccccc1Cl)N2. The number of benzene rings is 2. The topological polar surface area (TPSA) is 32.3 Å². The standard InChI is InChI=1S/C25H29ClN2O/c1-3-14-28(15-4-2)25(29)17-12-13-23-21(16-17)18-9-7-10-19(18)24(27-23)20-8-5-6-11-22(20)26/h5-9,11-13,16,18-19,24,27H,3-4,10,14-15H2,1-2H3. The zero-order valence-corrected chi connectivity index (χ0v) is 18.0. The highest BCUT2D eigenvalue weighted by Crippen LogP contribution is 2.50. The molecular weight excluding hydrogens is 380 g/mol. The summed E-state index contributed by atoms with van der Waals surface area (Å²) in [5.74, 6) is 0.865. The third kappa shape index (κ3) is 3.81. The Bertz CT molecular complexity index is 917. The number of hydrogen-bond acceptors (Lipinski definition) is 2. The van der Waals surface area contributed by atoms with E-state index >= 15 is 0 Å². The number of nitrogens with one attached hydrogen (secondary N) is 1. The van der Waals surface area contributed by atoms with Crippen LogP contribution in [0.25, 0.3) is 0 Å². The lowest BCUT2D eigenvalue weighted by atomic mass is 9.76. The highest BCUT2D eigenvalue weighted by molar-refractivity contribution is 6.31. The van der Waals surface area contributed by atoms with Crippen LogP contribution in [-0.4, -0.2) is 23.9 Å². The van der Waals surface area contributed by atoms with E-state index in [4.69, 9.17) is 11.6 Å². The van der Waals surface area contributed by atoms with E-state index in [1.165, 1.54) is 5.56 Å². The van der Waals surface area contributed by atoms with Gasteiger partial charge in [0.05, 0.1) is 6.04 Å². The van der Waals surface area contributed by atoms with Crippen molar-refractivity contribution in [2.24, 2.45) is 5.92 Å². The summed E-state index contributed by atoms with van der Waals surface area (Å²) in [7, 11) is 0. The van der Waals surface area contributed by atoms with E-state index in [9.17, 15) is 4.79 Å². The smallest absolute Gasteiger partial charge is 0.253 e. The molecule has 3 atom stereocenters. The summed E-state index contributed by atoms with van der Waals surface area (Å²) >= 11 is 6.53. The summed E-state index contributed by atoms with van der Waals surface area (Å²) in [6, 6.07) is 14.4. The molecule has 0 aromatic heterocycles. The monoisotopic (exact) mass is 408 g/mol. The maximum atomic E-state index is 13.1. The summed E-state index contributed by atoms with van der Waals surface area (Å²) < 4.78 is 0. The highest BCUT2D eigenvalue weighted by Gasteiger charge is 2.38. The molecule has 2 aromatic rings. The molecule has 2 aromatic carbocycles. The molecule has 29 heavy (non-hydrogen) atoms. The highest BCUT2D eigenvalue weighted by atomic mass is 35.5. The Balaban J connectivity index is 1.67. The molecule has 0 radical (unpaired) electrons. The molecule has 1 amide bonds. The van der Waals surface area contributed by atoms with Crippen LogP contribution in [0.5, 0.6) is 0 Å². The summed E-state index contributed by atoms with van der Waals surface area (Å²) in [4.78, 5) is 15.1. The molecule has 1 aliphatic carbocycles. The number of allylic oxidation sites excluding steroid dienone is 2. The van der Waals surface area contributed by atoms with E-state index < -0.39 is 0 Å². The Kier molecular flexibility index (Phi) is 5.96. The number of fused-ring (bicyclic) bond motifs is 3. The van der Waals surface area contributed by atoms with Gasteiger partial charge in [0.25, 0.3) is 5.91 Å². The Morgan fingerprint density at radius 3 is 2.59 bits per heavy atom. The maximum absolute atomic E-state index is 13.1. The second-order valence-corrected chi connectivity index (χ2v) is 8.50. The fourth-order valence-electron chi connectivity index (χ4n) is 4.80. The summed E-state index contributed by atoms with van der Waals surface area (Å²) in [6.45, 7) is 5.86. The predicted octanol–water partition coefficient (Wildman–Crippen LogP) is 6.43. The van der Waals surface area contributed by atoms with Crippen molar-refractivity contribution in [1.82, 2.24) is 4.90 Å². The van der Waals surface area contributed by atoms with Crippen molar-refractivity contribution in [3.63, 3.8) is 0 Å². The van der Waals surface area contributed by atoms with Crippen LogP contribution < -0.4 is 5.32 Å². The Hall–Kier alpha value is -2.26. The second-order valence-electron chi connectivity index (χ2n) is 8.09. The third-order valence-electron chi connectivity index (χ3n) is 6.12. The molecule has 4 heteroatoms. The van der Waals surface area contributed by atoms with E-state index in [1.807, 2.05) is 29.2 Å². The second kappa shape index (κ2) is 8.62. The number of anilines is 1. The van der Waals surface area contributed by atoms with Gasteiger partial charge in [-0.25, -0.2) is 0 Å². The van der Waals surface area contributed by atoms with Gasteiger partial charge in [-0.1, -0.05) is 55.8 Å². The van der Waals surface area contributed by atoms with Gasteiger partial charge < -0.3 is 10.2 Å². The molecule has 4 rings (SSSR count). The maximum Gasteiger partial charge on any atom is 0.253 e. The van der Waals surface area contributed by atoms with Crippen molar-refractivity contribution in [2.75, 3.05) is 18.4 Å². The first kappa shape index (κ1) is 20.0. The fourth-order valence-corrected chi connectivity index (χ4v) is 5.05. The quantitative estimate of drug-likeness (QED) is 0.558. The van der Waals surface area contributed by atoms with E-state index in [0.717, 1.165) is 54.2 Å². The van der Waals surface area contributed by atoms with E-state index in [-0.39, 0.29) is 11.9 Å². The fraction of sp³-hybridized carbons (Fsp3) is 0.400. The van der Waals surface area contributed by atoms with Crippen LogP contribution in [0.4, 0.5) is 5.69 Å². The summed E-state index contributed by atoms with van der Waals surface area (Å²) in [5.41, 5.74) is 4.28. The molecule has 1 aliphatic heterocycles. The van der Waals surface area contributed by atoms with Gasteiger partial charge in [-0.3, -0.25) is 4.79 Å². The molecule has 0 saturated heterocycles. The number of halogens is 1. The molecule has 0 spiro atoms. The van der Waals surface area contributed by atoms with Crippen molar-refractivity contribution in [1.29, 1.82) is 0 Å². The number of amides is 1. The number of rotatable bonds is 6. The first-order chi connectivity index (χ1) is 14.1. The van der Waals surface area contributed by atoms with Crippen molar-refractivity contribution < 1.29 is 4.79 Å². The minimum atomic E-state index is 0.142. The minimum Gasteiger partial charge on any atom is -0.378 e. The lowest BCUT2D eigenvalue weighted by molar-refractivity contribution is 0.0755. The Morgan fingerprint density at radius 1 is 1.10 bits per heavy atom. The Morgan fingerprint density at radius 2 is 1.86 bits per heavy atom. The molecule has 3 nitrogen and oxygen atoms in total. The molecule has 152 valence electrons. The molecule has 0 fully saturated rings. The number of carbonyl (C=O) groups is 1. The predicted molar refractivity (Wildman–Crippen MR) is 121 cm³/mol. The van der Waals surface area contributed by atoms with E-state index in [2.05, 4.69) is 49.5 Å².